The number of thiazole rings is 1. The first-order valence-electron chi connectivity index (χ1n) is 5.95. The lowest BCUT2D eigenvalue weighted by atomic mass is 10.2. The molecule has 0 saturated carbocycles. The Morgan fingerprint density at radius 2 is 1.43 bits per heavy atom. The van der Waals surface area contributed by atoms with Crippen molar-refractivity contribution in [2.75, 3.05) is 5.32 Å². The van der Waals surface area contributed by atoms with Gasteiger partial charge in [-0.25, -0.2) is 4.98 Å². The van der Waals surface area contributed by atoms with Crippen LogP contribution in [0.1, 0.15) is 0 Å². The summed E-state index contributed by atoms with van der Waals surface area (Å²) in [5.41, 5.74) is 3.14. The summed E-state index contributed by atoms with van der Waals surface area (Å²) in [6.45, 7) is 0. The standard InChI is InChI=1S/C15H10Br2N2S.BrH/c16-11-3-1-10(2-4-11)14-9-20-15(19-14)18-13-7-5-12(17)6-8-13;/h1-9H,(H,18,19);1H. The topological polar surface area (TPSA) is 24.9 Å². The normalized spacial score (nSPS) is 10.0. The van der Waals surface area contributed by atoms with Crippen LogP contribution in [-0.4, -0.2) is 4.98 Å². The number of hydrogen-bond donors (Lipinski definition) is 1. The van der Waals surface area contributed by atoms with E-state index in [4.69, 9.17) is 0 Å². The molecule has 2 aromatic carbocycles. The van der Waals surface area contributed by atoms with Crippen LogP contribution in [0.15, 0.2) is 62.9 Å². The predicted molar refractivity (Wildman–Crippen MR) is 103 cm³/mol. The molecule has 0 spiro atoms. The maximum Gasteiger partial charge on any atom is 0.187 e. The number of rotatable bonds is 3. The molecule has 2 nitrogen and oxygen atoms in total. The summed E-state index contributed by atoms with van der Waals surface area (Å²) in [7, 11) is 0. The maximum absolute atomic E-state index is 4.61. The summed E-state index contributed by atoms with van der Waals surface area (Å²) in [4.78, 5) is 4.61. The lowest BCUT2D eigenvalue weighted by Crippen LogP contribution is -1.89. The third-order valence-corrected chi connectivity index (χ3v) is 4.55. The number of nitrogens with one attached hydrogen (secondary N) is 1. The molecule has 0 saturated heterocycles. The van der Waals surface area contributed by atoms with Gasteiger partial charge in [0.1, 0.15) is 0 Å². The highest BCUT2D eigenvalue weighted by molar-refractivity contribution is 9.10. The van der Waals surface area contributed by atoms with Crippen molar-refractivity contribution in [1.29, 1.82) is 0 Å². The fraction of sp³-hybridized carbons (Fsp3) is 0. The summed E-state index contributed by atoms with van der Waals surface area (Å²) in [5, 5.41) is 6.26. The summed E-state index contributed by atoms with van der Waals surface area (Å²) >= 11 is 8.47. The number of benzene rings is 2. The van der Waals surface area contributed by atoms with Crippen LogP contribution in [0, 0.1) is 0 Å². The van der Waals surface area contributed by atoms with E-state index >= 15 is 0 Å². The Labute approximate surface area is 154 Å². The van der Waals surface area contributed by atoms with Gasteiger partial charge in [0.25, 0.3) is 0 Å². The molecule has 0 aliphatic rings. The van der Waals surface area contributed by atoms with Gasteiger partial charge in [-0.3, -0.25) is 0 Å². The van der Waals surface area contributed by atoms with Gasteiger partial charge in [-0.1, -0.05) is 44.0 Å². The second-order valence-corrected chi connectivity index (χ2v) is 6.87. The first-order chi connectivity index (χ1) is 9.70. The smallest absolute Gasteiger partial charge is 0.187 e. The number of anilines is 2. The fourth-order valence-electron chi connectivity index (χ4n) is 1.74. The van der Waals surface area contributed by atoms with E-state index < -0.39 is 0 Å². The minimum Gasteiger partial charge on any atom is -0.332 e. The third kappa shape index (κ3) is 4.39. The van der Waals surface area contributed by atoms with Crippen LogP contribution in [0.25, 0.3) is 11.3 Å². The molecule has 0 radical (unpaired) electrons. The molecule has 1 aromatic heterocycles. The minimum absolute atomic E-state index is 0. The van der Waals surface area contributed by atoms with Crippen molar-refractivity contribution in [1.82, 2.24) is 4.98 Å². The van der Waals surface area contributed by atoms with E-state index in [0.29, 0.717) is 0 Å². The molecular formula is C15H11Br3N2S. The van der Waals surface area contributed by atoms with Gasteiger partial charge in [0, 0.05) is 25.6 Å². The molecule has 0 amide bonds. The van der Waals surface area contributed by atoms with E-state index in [9.17, 15) is 0 Å². The molecular weight excluding hydrogens is 480 g/mol. The van der Waals surface area contributed by atoms with E-state index in [1.807, 2.05) is 36.4 Å². The van der Waals surface area contributed by atoms with Crippen LogP contribution >= 0.6 is 60.2 Å². The number of hydrogen-bond acceptors (Lipinski definition) is 3. The molecule has 3 rings (SSSR count). The molecule has 0 fully saturated rings. The Bertz CT molecular complexity index is 709. The van der Waals surface area contributed by atoms with E-state index in [1.54, 1.807) is 11.3 Å². The molecule has 108 valence electrons. The van der Waals surface area contributed by atoms with Gasteiger partial charge in [-0.2, -0.15) is 0 Å². The molecule has 0 unspecified atom stereocenters. The first kappa shape index (κ1) is 16.7. The molecule has 21 heavy (non-hydrogen) atoms. The Kier molecular flexibility index (Phi) is 5.98. The Morgan fingerprint density at radius 1 is 0.857 bits per heavy atom. The van der Waals surface area contributed by atoms with Crippen molar-refractivity contribution < 1.29 is 0 Å². The van der Waals surface area contributed by atoms with Gasteiger partial charge < -0.3 is 5.32 Å². The Hall–Kier alpha value is -0.690. The molecule has 0 atom stereocenters. The summed E-state index contributed by atoms with van der Waals surface area (Å²) in [5.74, 6) is 0. The average molecular weight is 491 g/mol. The second kappa shape index (κ2) is 7.54. The lowest BCUT2D eigenvalue weighted by Gasteiger charge is -2.02. The Morgan fingerprint density at radius 3 is 2.05 bits per heavy atom. The van der Waals surface area contributed by atoms with Crippen molar-refractivity contribution >= 4 is 71.0 Å². The summed E-state index contributed by atoms with van der Waals surface area (Å²) in [6.07, 6.45) is 0. The van der Waals surface area contributed by atoms with Crippen LogP contribution in [0.5, 0.6) is 0 Å². The molecule has 1 N–H and O–H groups in total. The molecule has 0 aliphatic heterocycles. The number of halogens is 3. The highest BCUT2D eigenvalue weighted by Gasteiger charge is 2.04. The van der Waals surface area contributed by atoms with Crippen molar-refractivity contribution in [3.8, 4) is 11.3 Å². The maximum atomic E-state index is 4.61. The van der Waals surface area contributed by atoms with Crippen LogP contribution in [-0.2, 0) is 0 Å². The molecule has 3 aromatic rings. The zero-order valence-electron chi connectivity index (χ0n) is 10.7. The summed E-state index contributed by atoms with van der Waals surface area (Å²) < 4.78 is 2.14. The zero-order chi connectivity index (χ0) is 13.9. The van der Waals surface area contributed by atoms with Crippen LogP contribution in [0.4, 0.5) is 10.8 Å². The third-order valence-electron chi connectivity index (χ3n) is 2.74. The second-order valence-electron chi connectivity index (χ2n) is 4.18. The quantitative estimate of drug-likeness (QED) is 0.444. The zero-order valence-corrected chi connectivity index (χ0v) is 16.4. The number of nitrogens with zero attached hydrogens (tertiary/aromatic N) is 1. The average Bonchev–Trinajstić information content (AvgIpc) is 2.91. The van der Waals surface area contributed by atoms with Gasteiger partial charge in [0.15, 0.2) is 5.13 Å². The number of aromatic nitrogens is 1. The largest absolute Gasteiger partial charge is 0.332 e. The highest BCUT2D eigenvalue weighted by Crippen LogP contribution is 2.28. The van der Waals surface area contributed by atoms with E-state index in [2.05, 4.69) is 59.7 Å². The van der Waals surface area contributed by atoms with Crippen molar-refractivity contribution in [3.05, 3.63) is 62.9 Å². The van der Waals surface area contributed by atoms with Crippen molar-refractivity contribution in [3.63, 3.8) is 0 Å². The van der Waals surface area contributed by atoms with Crippen LogP contribution < -0.4 is 5.32 Å². The van der Waals surface area contributed by atoms with Gasteiger partial charge >= 0.3 is 0 Å². The molecule has 1 heterocycles. The SMILES string of the molecule is Br.Brc1ccc(Nc2nc(-c3ccc(Br)cc3)cs2)cc1. The monoisotopic (exact) mass is 488 g/mol. The van der Waals surface area contributed by atoms with Gasteiger partial charge in [-0.05, 0) is 36.4 Å². The van der Waals surface area contributed by atoms with Gasteiger partial charge in [0.2, 0.25) is 0 Å². The van der Waals surface area contributed by atoms with Crippen molar-refractivity contribution in [2.24, 2.45) is 0 Å². The van der Waals surface area contributed by atoms with Gasteiger partial charge in [0.05, 0.1) is 5.69 Å². The summed E-state index contributed by atoms with van der Waals surface area (Å²) in [6, 6.07) is 16.2. The Balaban J connectivity index is 0.00000161. The van der Waals surface area contributed by atoms with Crippen molar-refractivity contribution in [2.45, 2.75) is 0 Å². The van der Waals surface area contributed by atoms with E-state index in [-0.39, 0.29) is 17.0 Å². The molecule has 0 bridgehead atoms. The van der Waals surface area contributed by atoms with Gasteiger partial charge in [-0.15, -0.1) is 28.3 Å². The molecule has 0 aliphatic carbocycles. The molecule has 6 heteroatoms. The first-order valence-corrected chi connectivity index (χ1v) is 8.41. The van der Waals surface area contributed by atoms with Crippen LogP contribution in [0.2, 0.25) is 0 Å². The fourth-order valence-corrected chi connectivity index (χ4v) is 3.01. The minimum atomic E-state index is 0. The highest BCUT2D eigenvalue weighted by atomic mass is 79.9. The lowest BCUT2D eigenvalue weighted by molar-refractivity contribution is 1.38. The van der Waals surface area contributed by atoms with E-state index in [0.717, 1.165) is 31.0 Å². The predicted octanol–water partition coefficient (Wildman–Crippen LogP) is 6.66. The van der Waals surface area contributed by atoms with E-state index in [1.165, 1.54) is 0 Å². The van der Waals surface area contributed by atoms with Crippen LogP contribution in [0.3, 0.4) is 0 Å².